The molecule has 0 radical (unpaired) electrons. The van der Waals surface area contributed by atoms with E-state index in [1.54, 1.807) is 18.2 Å². The van der Waals surface area contributed by atoms with E-state index in [-0.39, 0.29) is 36.8 Å². The van der Waals surface area contributed by atoms with Gasteiger partial charge in [-0.05, 0) is 25.0 Å². The number of aliphatic hydroxyl groups is 2. The Labute approximate surface area is 185 Å². The number of nitrogens with zero attached hydrogens (tertiary/aromatic N) is 1. The van der Waals surface area contributed by atoms with Crippen molar-refractivity contribution in [3.05, 3.63) is 29.8 Å². The van der Waals surface area contributed by atoms with Crippen molar-refractivity contribution in [3.8, 4) is 5.75 Å². The summed E-state index contributed by atoms with van der Waals surface area (Å²) in [6.45, 7) is -0.324. The van der Waals surface area contributed by atoms with Crippen LogP contribution in [0.25, 0.3) is 0 Å². The van der Waals surface area contributed by atoms with Crippen LogP contribution in [-0.2, 0) is 14.4 Å². The number of aliphatic hydroxyl groups excluding tert-OH is 2. The van der Waals surface area contributed by atoms with Gasteiger partial charge in [0.25, 0.3) is 5.91 Å². The lowest BCUT2D eigenvalue weighted by atomic mass is 10.1. The fraction of sp³-hybridized carbons (Fsp3) is 0.524. The average molecular weight is 448 g/mol. The SMILES string of the molecule is O=C1N[C@H](C(=O)NC(CO)CO)CC(=O)N2CCC[C@H]2C(=O)NCCOc2ccccc21. The van der Waals surface area contributed by atoms with Crippen molar-refractivity contribution in [2.75, 3.05) is 32.9 Å². The highest BCUT2D eigenvalue weighted by molar-refractivity contribution is 6.01. The maximum absolute atomic E-state index is 13.0. The molecule has 0 aromatic heterocycles. The summed E-state index contributed by atoms with van der Waals surface area (Å²) in [6, 6.07) is 3.56. The number of carbonyl (C=O) groups is 4. The molecule has 32 heavy (non-hydrogen) atoms. The minimum absolute atomic E-state index is 0.120. The van der Waals surface area contributed by atoms with Crippen molar-refractivity contribution in [2.45, 2.75) is 37.4 Å². The van der Waals surface area contributed by atoms with E-state index in [2.05, 4.69) is 16.0 Å². The number of hydrogen-bond donors (Lipinski definition) is 5. The number of ether oxygens (including phenoxy) is 1. The van der Waals surface area contributed by atoms with E-state index in [0.29, 0.717) is 19.4 Å². The van der Waals surface area contributed by atoms with E-state index in [1.165, 1.54) is 11.0 Å². The van der Waals surface area contributed by atoms with Gasteiger partial charge in [0.1, 0.15) is 24.4 Å². The van der Waals surface area contributed by atoms with Crippen LogP contribution in [0, 0.1) is 0 Å². The lowest BCUT2D eigenvalue weighted by Gasteiger charge is -2.27. The summed E-state index contributed by atoms with van der Waals surface area (Å²) >= 11 is 0. The third kappa shape index (κ3) is 5.54. The van der Waals surface area contributed by atoms with Crippen LogP contribution in [0.15, 0.2) is 24.3 Å². The Balaban J connectivity index is 1.90. The summed E-state index contributed by atoms with van der Waals surface area (Å²) in [7, 11) is 0. The molecule has 11 nitrogen and oxygen atoms in total. The fourth-order valence-electron chi connectivity index (χ4n) is 3.76. The van der Waals surface area contributed by atoms with Crippen LogP contribution in [0.3, 0.4) is 0 Å². The Morgan fingerprint density at radius 3 is 2.72 bits per heavy atom. The van der Waals surface area contributed by atoms with Crippen molar-refractivity contribution in [2.24, 2.45) is 0 Å². The van der Waals surface area contributed by atoms with E-state index in [1.807, 2.05) is 0 Å². The van der Waals surface area contributed by atoms with E-state index >= 15 is 0 Å². The highest BCUT2D eigenvalue weighted by Gasteiger charge is 2.36. The molecule has 174 valence electrons. The highest BCUT2D eigenvalue weighted by atomic mass is 16.5. The smallest absolute Gasteiger partial charge is 0.255 e. The zero-order chi connectivity index (χ0) is 23.1. The van der Waals surface area contributed by atoms with Crippen molar-refractivity contribution in [3.63, 3.8) is 0 Å². The second kappa shape index (κ2) is 10.9. The number of fused-ring (bicyclic) bond motifs is 2. The summed E-state index contributed by atoms with van der Waals surface area (Å²) < 4.78 is 5.66. The molecule has 5 N–H and O–H groups in total. The van der Waals surface area contributed by atoms with E-state index < -0.39 is 49.1 Å². The minimum Gasteiger partial charge on any atom is -0.491 e. The van der Waals surface area contributed by atoms with Crippen molar-refractivity contribution in [1.82, 2.24) is 20.9 Å². The lowest BCUT2D eigenvalue weighted by molar-refractivity contribution is -0.140. The van der Waals surface area contributed by atoms with Crippen LogP contribution < -0.4 is 20.7 Å². The van der Waals surface area contributed by atoms with Gasteiger partial charge in [-0.25, -0.2) is 0 Å². The predicted molar refractivity (Wildman–Crippen MR) is 112 cm³/mol. The van der Waals surface area contributed by atoms with Gasteiger partial charge in [0.2, 0.25) is 17.7 Å². The number of benzene rings is 1. The van der Waals surface area contributed by atoms with Crippen molar-refractivity contribution in [1.29, 1.82) is 0 Å². The first-order chi connectivity index (χ1) is 15.4. The quantitative estimate of drug-likeness (QED) is 0.362. The molecule has 0 bridgehead atoms. The van der Waals surface area contributed by atoms with Gasteiger partial charge in [0.15, 0.2) is 0 Å². The molecule has 0 unspecified atom stereocenters. The van der Waals surface area contributed by atoms with Crippen LogP contribution in [0.5, 0.6) is 5.75 Å². The largest absolute Gasteiger partial charge is 0.491 e. The summed E-state index contributed by atoms with van der Waals surface area (Å²) in [5.41, 5.74) is 0.168. The number of rotatable bonds is 4. The molecule has 0 saturated carbocycles. The zero-order valence-corrected chi connectivity index (χ0v) is 17.6. The molecule has 1 fully saturated rings. The van der Waals surface area contributed by atoms with Gasteiger partial charge in [-0.3, -0.25) is 19.2 Å². The van der Waals surface area contributed by atoms with Gasteiger partial charge >= 0.3 is 0 Å². The fourth-order valence-corrected chi connectivity index (χ4v) is 3.76. The zero-order valence-electron chi connectivity index (χ0n) is 17.6. The Bertz CT molecular complexity index is 858. The summed E-state index contributed by atoms with van der Waals surface area (Å²) in [5.74, 6) is -1.82. The highest BCUT2D eigenvalue weighted by Crippen LogP contribution is 2.21. The van der Waals surface area contributed by atoms with Gasteiger partial charge in [-0.2, -0.15) is 0 Å². The van der Waals surface area contributed by atoms with Gasteiger partial charge < -0.3 is 35.8 Å². The van der Waals surface area contributed by atoms with Gasteiger partial charge in [0.05, 0.1) is 37.8 Å². The summed E-state index contributed by atoms with van der Waals surface area (Å²) in [4.78, 5) is 52.7. The molecule has 11 heteroatoms. The number of carbonyl (C=O) groups excluding carboxylic acids is 4. The van der Waals surface area contributed by atoms with Gasteiger partial charge in [-0.15, -0.1) is 0 Å². The third-order valence-electron chi connectivity index (χ3n) is 5.45. The Kier molecular flexibility index (Phi) is 8.01. The van der Waals surface area contributed by atoms with E-state index in [9.17, 15) is 29.4 Å². The van der Waals surface area contributed by atoms with Crippen LogP contribution in [0.4, 0.5) is 0 Å². The van der Waals surface area contributed by atoms with Crippen molar-refractivity contribution < 1.29 is 34.1 Å². The topological polar surface area (TPSA) is 157 Å². The Morgan fingerprint density at radius 2 is 1.97 bits per heavy atom. The standard InChI is InChI=1S/C21H28N4O7/c26-11-13(12-27)23-20(30)15-10-18(28)25-8-3-5-16(25)21(31)22-7-9-32-17-6-2-1-4-14(17)19(29)24-15/h1-2,4,6,13,15-16,26-27H,3,5,7-12H2,(H,22,31)(H,23,30)(H,24,29)/t15-,16-/m0/s1. The first-order valence-corrected chi connectivity index (χ1v) is 10.6. The molecule has 0 aliphatic carbocycles. The Hall–Kier alpha value is -3.18. The first kappa shape index (κ1) is 23.5. The molecule has 2 aliphatic heterocycles. The molecule has 0 spiro atoms. The van der Waals surface area contributed by atoms with E-state index in [0.717, 1.165) is 0 Å². The lowest BCUT2D eigenvalue weighted by Crippen LogP contribution is -2.54. The number of nitrogens with one attached hydrogen (secondary N) is 3. The molecular formula is C21H28N4O7. The van der Waals surface area contributed by atoms with Crippen LogP contribution in [0.1, 0.15) is 29.6 Å². The average Bonchev–Trinajstić information content (AvgIpc) is 3.29. The normalized spacial score (nSPS) is 22.2. The summed E-state index contributed by atoms with van der Waals surface area (Å²) in [6.07, 6.45) is 0.766. The van der Waals surface area contributed by atoms with Gasteiger partial charge in [0, 0.05) is 6.54 Å². The maximum atomic E-state index is 13.0. The first-order valence-electron chi connectivity index (χ1n) is 10.6. The summed E-state index contributed by atoms with van der Waals surface area (Å²) in [5, 5.41) is 26.3. The number of amides is 4. The van der Waals surface area contributed by atoms with Crippen LogP contribution in [-0.4, -0.2) is 89.8 Å². The van der Waals surface area contributed by atoms with Crippen LogP contribution in [0.2, 0.25) is 0 Å². The maximum Gasteiger partial charge on any atom is 0.255 e. The molecular weight excluding hydrogens is 420 g/mol. The van der Waals surface area contributed by atoms with E-state index in [4.69, 9.17) is 4.74 Å². The molecule has 2 heterocycles. The molecule has 1 aromatic rings. The minimum atomic E-state index is -1.28. The molecule has 2 aliphatic rings. The molecule has 1 aromatic carbocycles. The predicted octanol–water partition coefficient (Wildman–Crippen LogP) is -1.86. The van der Waals surface area contributed by atoms with Crippen LogP contribution >= 0.6 is 0 Å². The third-order valence-corrected chi connectivity index (χ3v) is 5.45. The molecule has 4 amide bonds. The second-order valence-corrected chi connectivity index (χ2v) is 7.68. The number of hydrogen-bond acceptors (Lipinski definition) is 7. The molecule has 1 saturated heterocycles. The Morgan fingerprint density at radius 1 is 1.22 bits per heavy atom. The van der Waals surface area contributed by atoms with Crippen molar-refractivity contribution >= 4 is 23.6 Å². The monoisotopic (exact) mass is 448 g/mol. The molecule has 3 rings (SSSR count). The van der Waals surface area contributed by atoms with Gasteiger partial charge in [-0.1, -0.05) is 12.1 Å². The molecule has 2 atom stereocenters. The second-order valence-electron chi connectivity index (χ2n) is 7.68. The number of para-hydroxylation sites is 1.